The molecule has 0 radical (unpaired) electrons. The highest BCUT2D eigenvalue weighted by Crippen LogP contribution is 2.29. The van der Waals surface area contributed by atoms with Crippen molar-refractivity contribution in [3.8, 4) is 0 Å². The Morgan fingerprint density at radius 3 is 2.95 bits per heavy atom. The van der Waals surface area contributed by atoms with E-state index in [2.05, 4.69) is 10.3 Å². The Morgan fingerprint density at radius 2 is 2.30 bits per heavy atom. The molecule has 0 saturated carbocycles. The standard InChI is InChI=1S/C13H12Cl2FN3O/c14-2-1-12-18-10-5-9(16)8(15)4-11(10)19(12)7-3-13(20)17-6-7/h4-5,7H,1-3,6H2,(H,17,20). The molecule has 1 aromatic carbocycles. The Kier molecular flexibility index (Phi) is 3.56. The van der Waals surface area contributed by atoms with Gasteiger partial charge >= 0.3 is 0 Å². The number of hydrogen-bond donors (Lipinski definition) is 1. The van der Waals surface area contributed by atoms with E-state index in [-0.39, 0.29) is 17.0 Å². The number of hydrogen-bond acceptors (Lipinski definition) is 2. The number of carbonyl (C=O) groups is 1. The van der Waals surface area contributed by atoms with Crippen LogP contribution in [-0.2, 0) is 11.2 Å². The zero-order chi connectivity index (χ0) is 14.3. The number of alkyl halides is 1. The molecule has 4 nitrogen and oxygen atoms in total. The Balaban J connectivity index is 2.17. The molecule has 1 amide bonds. The van der Waals surface area contributed by atoms with Crippen molar-refractivity contribution >= 4 is 40.1 Å². The first kappa shape index (κ1) is 13.6. The minimum atomic E-state index is -0.498. The van der Waals surface area contributed by atoms with Crippen molar-refractivity contribution in [3.05, 3.63) is 28.8 Å². The fourth-order valence-corrected chi connectivity index (χ4v) is 2.91. The summed E-state index contributed by atoms with van der Waals surface area (Å²) < 4.78 is 15.5. The van der Waals surface area contributed by atoms with Gasteiger partial charge in [-0.2, -0.15) is 0 Å². The Morgan fingerprint density at radius 1 is 1.50 bits per heavy atom. The molecule has 3 rings (SSSR count). The molecule has 1 N–H and O–H groups in total. The molecule has 0 bridgehead atoms. The SMILES string of the molecule is O=C1CC(n2c(CCCl)nc3cc(F)c(Cl)cc32)CN1. The molecule has 106 valence electrons. The summed E-state index contributed by atoms with van der Waals surface area (Å²) in [4.78, 5) is 15.8. The van der Waals surface area contributed by atoms with Crippen LogP contribution in [-0.4, -0.2) is 27.9 Å². The second-order valence-corrected chi connectivity index (χ2v) is 5.54. The van der Waals surface area contributed by atoms with E-state index in [9.17, 15) is 9.18 Å². The predicted octanol–water partition coefficient (Wildman–Crippen LogP) is 2.67. The molecule has 1 aromatic heterocycles. The molecular formula is C13H12Cl2FN3O. The number of rotatable bonds is 3. The lowest BCUT2D eigenvalue weighted by Crippen LogP contribution is -2.17. The fraction of sp³-hybridized carbons (Fsp3) is 0.385. The van der Waals surface area contributed by atoms with Crippen LogP contribution in [0.5, 0.6) is 0 Å². The van der Waals surface area contributed by atoms with Gasteiger partial charge in [-0.05, 0) is 6.07 Å². The molecule has 1 unspecified atom stereocenters. The lowest BCUT2D eigenvalue weighted by molar-refractivity contribution is -0.119. The van der Waals surface area contributed by atoms with Crippen LogP contribution in [0.4, 0.5) is 4.39 Å². The van der Waals surface area contributed by atoms with E-state index in [1.165, 1.54) is 6.07 Å². The van der Waals surface area contributed by atoms with E-state index in [1.807, 2.05) is 4.57 Å². The third-order valence-corrected chi connectivity index (χ3v) is 3.92. The molecule has 1 aliphatic heterocycles. The van der Waals surface area contributed by atoms with Crippen molar-refractivity contribution in [3.63, 3.8) is 0 Å². The molecule has 0 aliphatic carbocycles. The van der Waals surface area contributed by atoms with Crippen LogP contribution in [0, 0.1) is 5.82 Å². The first-order valence-corrected chi connectivity index (χ1v) is 7.20. The van der Waals surface area contributed by atoms with Gasteiger partial charge in [0, 0.05) is 31.3 Å². The summed E-state index contributed by atoms with van der Waals surface area (Å²) in [5, 5.41) is 2.84. The number of nitrogens with one attached hydrogen (secondary N) is 1. The van der Waals surface area contributed by atoms with Gasteiger partial charge in [-0.3, -0.25) is 4.79 Å². The largest absolute Gasteiger partial charge is 0.354 e. The fourth-order valence-electron chi connectivity index (χ4n) is 2.58. The smallest absolute Gasteiger partial charge is 0.222 e. The molecule has 2 aromatic rings. The molecular weight excluding hydrogens is 304 g/mol. The van der Waals surface area contributed by atoms with Gasteiger partial charge in [-0.25, -0.2) is 9.37 Å². The molecule has 7 heteroatoms. The van der Waals surface area contributed by atoms with Crippen LogP contribution in [0.2, 0.25) is 5.02 Å². The van der Waals surface area contributed by atoms with Crippen molar-refractivity contribution in [1.82, 2.24) is 14.9 Å². The highest BCUT2D eigenvalue weighted by molar-refractivity contribution is 6.31. The maximum absolute atomic E-state index is 13.5. The van der Waals surface area contributed by atoms with Gasteiger partial charge in [0.2, 0.25) is 5.91 Å². The number of fused-ring (bicyclic) bond motifs is 1. The van der Waals surface area contributed by atoms with Crippen LogP contribution in [0.3, 0.4) is 0 Å². The quantitative estimate of drug-likeness (QED) is 0.885. The molecule has 1 fully saturated rings. The van der Waals surface area contributed by atoms with Crippen molar-refractivity contribution in [2.24, 2.45) is 0 Å². The summed E-state index contributed by atoms with van der Waals surface area (Å²) in [6.07, 6.45) is 0.940. The van der Waals surface area contributed by atoms with Crippen LogP contribution in [0.1, 0.15) is 18.3 Å². The van der Waals surface area contributed by atoms with Gasteiger partial charge in [0.1, 0.15) is 11.6 Å². The van der Waals surface area contributed by atoms with Crippen LogP contribution >= 0.6 is 23.2 Å². The lowest BCUT2D eigenvalue weighted by Gasteiger charge is -2.14. The molecule has 1 aliphatic rings. The second kappa shape index (κ2) is 5.22. The van der Waals surface area contributed by atoms with E-state index < -0.39 is 5.82 Å². The zero-order valence-corrected chi connectivity index (χ0v) is 12.0. The minimum Gasteiger partial charge on any atom is -0.354 e. The molecule has 1 atom stereocenters. The number of carbonyl (C=O) groups excluding carboxylic acids is 1. The Hall–Kier alpha value is -1.33. The molecule has 1 saturated heterocycles. The summed E-state index contributed by atoms with van der Waals surface area (Å²) in [6.45, 7) is 0.536. The van der Waals surface area contributed by atoms with Gasteiger partial charge in [0.05, 0.1) is 22.1 Å². The minimum absolute atomic E-state index is 0.00174. The van der Waals surface area contributed by atoms with Crippen molar-refractivity contribution in [1.29, 1.82) is 0 Å². The average Bonchev–Trinajstić information content (AvgIpc) is 2.94. The van der Waals surface area contributed by atoms with E-state index in [4.69, 9.17) is 23.2 Å². The number of imidazole rings is 1. The van der Waals surface area contributed by atoms with Crippen LogP contribution in [0.25, 0.3) is 11.0 Å². The highest BCUT2D eigenvalue weighted by Gasteiger charge is 2.27. The van der Waals surface area contributed by atoms with Gasteiger partial charge in [-0.15, -0.1) is 11.6 Å². The first-order chi connectivity index (χ1) is 9.60. The second-order valence-electron chi connectivity index (χ2n) is 4.75. The van der Waals surface area contributed by atoms with E-state index in [0.717, 1.165) is 11.3 Å². The Labute approximate surface area is 124 Å². The first-order valence-electron chi connectivity index (χ1n) is 6.28. The third kappa shape index (κ3) is 2.25. The van der Waals surface area contributed by atoms with Crippen molar-refractivity contribution < 1.29 is 9.18 Å². The Bertz CT molecular complexity index is 686. The van der Waals surface area contributed by atoms with Crippen LogP contribution < -0.4 is 5.32 Å². The van der Waals surface area contributed by atoms with E-state index in [0.29, 0.717) is 30.8 Å². The maximum atomic E-state index is 13.5. The number of aryl methyl sites for hydroxylation is 1. The van der Waals surface area contributed by atoms with E-state index in [1.54, 1.807) is 6.07 Å². The lowest BCUT2D eigenvalue weighted by atomic mass is 10.2. The third-order valence-electron chi connectivity index (χ3n) is 3.44. The van der Waals surface area contributed by atoms with Crippen molar-refractivity contribution in [2.75, 3.05) is 12.4 Å². The average molecular weight is 316 g/mol. The number of amides is 1. The van der Waals surface area contributed by atoms with Gasteiger partial charge < -0.3 is 9.88 Å². The maximum Gasteiger partial charge on any atom is 0.222 e. The zero-order valence-electron chi connectivity index (χ0n) is 10.5. The number of halogens is 3. The summed E-state index contributed by atoms with van der Waals surface area (Å²) in [6, 6.07) is 2.84. The van der Waals surface area contributed by atoms with Gasteiger partial charge in [0.25, 0.3) is 0 Å². The van der Waals surface area contributed by atoms with Gasteiger partial charge in [-0.1, -0.05) is 11.6 Å². The topological polar surface area (TPSA) is 46.9 Å². The highest BCUT2D eigenvalue weighted by atomic mass is 35.5. The van der Waals surface area contributed by atoms with Crippen LogP contribution in [0.15, 0.2) is 12.1 Å². The molecule has 0 spiro atoms. The number of benzene rings is 1. The molecule has 2 heterocycles. The van der Waals surface area contributed by atoms with Gasteiger partial charge in [0.15, 0.2) is 0 Å². The normalized spacial score (nSPS) is 18.8. The number of nitrogens with zero attached hydrogens (tertiary/aromatic N) is 2. The van der Waals surface area contributed by atoms with Crippen molar-refractivity contribution in [2.45, 2.75) is 18.9 Å². The summed E-state index contributed by atoms with van der Waals surface area (Å²) >= 11 is 11.7. The number of aromatic nitrogens is 2. The monoisotopic (exact) mass is 315 g/mol. The summed E-state index contributed by atoms with van der Waals surface area (Å²) in [5.74, 6) is 0.662. The predicted molar refractivity (Wildman–Crippen MR) is 75.8 cm³/mol. The molecule has 20 heavy (non-hydrogen) atoms. The van der Waals surface area contributed by atoms with E-state index >= 15 is 0 Å². The summed E-state index contributed by atoms with van der Waals surface area (Å²) in [5.41, 5.74) is 1.27. The summed E-state index contributed by atoms with van der Waals surface area (Å²) in [7, 11) is 0.